The second kappa shape index (κ2) is 5.10. The second-order valence-electron chi connectivity index (χ2n) is 3.70. The van der Waals surface area contributed by atoms with Gasteiger partial charge in [-0.05, 0) is 19.1 Å². The molecule has 17 heavy (non-hydrogen) atoms. The Morgan fingerprint density at radius 1 is 1.35 bits per heavy atom. The predicted molar refractivity (Wildman–Crippen MR) is 71.2 cm³/mol. The summed E-state index contributed by atoms with van der Waals surface area (Å²) in [4.78, 5) is 16.8. The molecule has 0 saturated carbocycles. The topological polar surface area (TPSA) is 42.0 Å². The van der Waals surface area contributed by atoms with E-state index in [-0.39, 0.29) is 5.78 Å². The molecule has 1 N–H and O–H groups in total. The summed E-state index contributed by atoms with van der Waals surface area (Å²) in [6.07, 6.45) is 0.522. The Balaban J connectivity index is 2.21. The summed E-state index contributed by atoms with van der Waals surface area (Å²) >= 11 is 1.42. The molecule has 0 fully saturated rings. The molecule has 2 rings (SSSR count). The number of aromatic nitrogens is 1. The van der Waals surface area contributed by atoms with E-state index in [2.05, 4.69) is 10.3 Å². The number of nitrogens with zero attached hydrogens (tertiary/aromatic N) is 1. The molecule has 0 aliphatic carbocycles. The predicted octanol–water partition coefficient (Wildman–Crippen LogP) is 3.79. The molecule has 0 bridgehead atoms. The summed E-state index contributed by atoms with van der Waals surface area (Å²) in [6.45, 7) is 3.74. The van der Waals surface area contributed by atoms with Gasteiger partial charge in [-0.1, -0.05) is 36.5 Å². The normalized spacial score (nSPS) is 10.2. The molecule has 4 heteroatoms. The summed E-state index contributed by atoms with van der Waals surface area (Å²) in [5.74, 6) is 0.154. The van der Waals surface area contributed by atoms with Gasteiger partial charge in [-0.15, -0.1) is 0 Å². The first-order chi connectivity index (χ1) is 8.20. The van der Waals surface area contributed by atoms with Gasteiger partial charge in [-0.25, -0.2) is 4.98 Å². The molecule has 88 valence electrons. The van der Waals surface area contributed by atoms with E-state index in [0.717, 1.165) is 21.4 Å². The zero-order chi connectivity index (χ0) is 12.3. The summed E-state index contributed by atoms with van der Waals surface area (Å²) in [5, 5.41) is 3.97. The monoisotopic (exact) mass is 246 g/mol. The van der Waals surface area contributed by atoms with Crippen LogP contribution in [-0.2, 0) is 0 Å². The van der Waals surface area contributed by atoms with Crippen LogP contribution in [0.5, 0.6) is 0 Å². The number of hydrogen-bond acceptors (Lipinski definition) is 4. The lowest BCUT2D eigenvalue weighted by Gasteiger charge is -2.00. The molecule has 0 saturated heterocycles. The van der Waals surface area contributed by atoms with Crippen molar-refractivity contribution in [1.29, 1.82) is 0 Å². The van der Waals surface area contributed by atoms with Crippen LogP contribution in [0.2, 0.25) is 0 Å². The van der Waals surface area contributed by atoms with E-state index in [0.29, 0.717) is 6.42 Å². The summed E-state index contributed by atoms with van der Waals surface area (Å²) in [6, 6.07) is 9.82. The second-order valence-corrected chi connectivity index (χ2v) is 4.70. The molecule has 1 heterocycles. The SMILES string of the molecule is CCC(=O)c1sc(Nc2ccccc2)nc1C. The van der Waals surface area contributed by atoms with Crippen molar-refractivity contribution in [3.63, 3.8) is 0 Å². The molecule has 0 spiro atoms. The quantitative estimate of drug-likeness (QED) is 0.834. The first kappa shape index (κ1) is 11.8. The molecule has 1 aromatic heterocycles. The number of hydrogen-bond donors (Lipinski definition) is 1. The average molecular weight is 246 g/mol. The molecule has 3 nitrogen and oxygen atoms in total. The van der Waals surface area contributed by atoms with Gasteiger partial charge in [-0.2, -0.15) is 0 Å². The maximum Gasteiger partial charge on any atom is 0.188 e. The Kier molecular flexibility index (Phi) is 3.54. The number of carbonyl (C=O) groups is 1. The molecular formula is C13H14N2OS. The van der Waals surface area contributed by atoms with E-state index in [1.807, 2.05) is 44.2 Å². The number of rotatable bonds is 4. The van der Waals surface area contributed by atoms with E-state index in [1.165, 1.54) is 11.3 Å². The third-order valence-corrected chi connectivity index (χ3v) is 3.51. The highest BCUT2D eigenvalue weighted by molar-refractivity contribution is 7.17. The Hall–Kier alpha value is -1.68. The molecule has 1 aromatic carbocycles. The summed E-state index contributed by atoms with van der Waals surface area (Å²) in [5.41, 5.74) is 1.79. The minimum atomic E-state index is 0.154. The van der Waals surface area contributed by atoms with Crippen molar-refractivity contribution in [3.8, 4) is 0 Å². The van der Waals surface area contributed by atoms with Gasteiger partial charge >= 0.3 is 0 Å². The number of para-hydroxylation sites is 1. The van der Waals surface area contributed by atoms with Gasteiger partial charge in [0.25, 0.3) is 0 Å². The van der Waals surface area contributed by atoms with Crippen LogP contribution in [-0.4, -0.2) is 10.8 Å². The first-order valence-corrected chi connectivity index (χ1v) is 6.35. The van der Waals surface area contributed by atoms with Crippen molar-refractivity contribution < 1.29 is 4.79 Å². The molecule has 0 radical (unpaired) electrons. The van der Waals surface area contributed by atoms with Gasteiger partial charge in [0.1, 0.15) is 0 Å². The maximum atomic E-state index is 11.6. The number of Topliss-reactive ketones (excluding diaryl/α,β-unsaturated/α-hetero) is 1. The summed E-state index contributed by atoms with van der Waals surface area (Å²) in [7, 11) is 0. The third kappa shape index (κ3) is 2.71. The van der Waals surface area contributed by atoms with E-state index in [4.69, 9.17) is 0 Å². The standard InChI is InChI=1S/C13H14N2OS/c1-3-11(16)12-9(2)14-13(17-12)15-10-7-5-4-6-8-10/h4-8H,3H2,1-2H3,(H,14,15). The highest BCUT2D eigenvalue weighted by Gasteiger charge is 2.13. The number of anilines is 2. The van der Waals surface area contributed by atoms with Crippen molar-refractivity contribution in [1.82, 2.24) is 4.98 Å². The van der Waals surface area contributed by atoms with E-state index < -0.39 is 0 Å². The zero-order valence-electron chi connectivity index (χ0n) is 9.86. The van der Waals surface area contributed by atoms with E-state index in [9.17, 15) is 4.79 Å². The Bertz CT molecular complexity index is 519. The Morgan fingerprint density at radius 3 is 2.71 bits per heavy atom. The lowest BCUT2D eigenvalue weighted by atomic mass is 10.2. The highest BCUT2D eigenvalue weighted by Crippen LogP contribution is 2.26. The number of thiazole rings is 1. The van der Waals surface area contributed by atoms with Gasteiger partial charge in [0.05, 0.1) is 10.6 Å². The van der Waals surface area contributed by atoms with Gasteiger partial charge in [-0.3, -0.25) is 4.79 Å². The fraction of sp³-hybridized carbons (Fsp3) is 0.231. The zero-order valence-corrected chi connectivity index (χ0v) is 10.7. The number of ketones is 1. The van der Waals surface area contributed by atoms with Crippen molar-refractivity contribution in [3.05, 3.63) is 40.9 Å². The van der Waals surface area contributed by atoms with E-state index in [1.54, 1.807) is 0 Å². The average Bonchev–Trinajstić information content (AvgIpc) is 2.70. The molecule has 0 aliphatic rings. The Morgan fingerprint density at radius 2 is 2.06 bits per heavy atom. The highest BCUT2D eigenvalue weighted by atomic mass is 32.1. The number of nitrogens with one attached hydrogen (secondary N) is 1. The molecular weight excluding hydrogens is 232 g/mol. The van der Waals surface area contributed by atoms with Crippen LogP contribution in [0.15, 0.2) is 30.3 Å². The smallest absolute Gasteiger partial charge is 0.188 e. The Labute approximate surface area is 105 Å². The van der Waals surface area contributed by atoms with Crippen LogP contribution in [0.3, 0.4) is 0 Å². The van der Waals surface area contributed by atoms with Gasteiger partial charge in [0.15, 0.2) is 10.9 Å². The fourth-order valence-electron chi connectivity index (χ4n) is 1.51. The van der Waals surface area contributed by atoms with Gasteiger partial charge in [0, 0.05) is 12.1 Å². The third-order valence-electron chi connectivity index (χ3n) is 2.40. The van der Waals surface area contributed by atoms with Crippen LogP contribution in [0, 0.1) is 6.92 Å². The largest absolute Gasteiger partial charge is 0.332 e. The fourth-order valence-corrected chi connectivity index (χ4v) is 2.51. The van der Waals surface area contributed by atoms with Gasteiger partial charge in [0.2, 0.25) is 0 Å². The number of aryl methyl sites for hydroxylation is 1. The number of benzene rings is 1. The lowest BCUT2D eigenvalue weighted by Crippen LogP contribution is -1.94. The van der Waals surface area contributed by atoms with E-state index >= 15 is 0 Å². The van der Waals surface area contributed by atoms with Gasteiger partial charge < -0.3 is 5.32 Å². The molecule has 0 amide bonds. The lowest BCUT2D eigenvalue weighted by molar-refractivity contribution is 0.0991. The van der Waals surface area contributed by atoms with Crippen LogP contribution in [0.25, 0.3) is 0 Å². The van der Waals surface area contributed by atoms with Crippen molar-refractivity contribution in [2.75, 3.05) is 5.32 Å². The van der Waals surface area contributed by atoms with Crippen molar-refractivity contribution in [2.24, 2.45) is 0 Å². The molecule has 0 aliphatic heterocycles. The summed E-state index contributed by atoms with van der Waals surface area (Å²) < 4.78 is 0. The number of carbonyl (C=O) groups excluding carboxylic acids is 1. The van der Waals surface area contributed by atoms with Crippen LogP contribution in [0.4, 0.5) is 10.8 Å². The molecule has 2 aromatic rings. The van der Waals surface area contributed by atoms with Crippen LogP contribution in [0.1, 0.15) is 28.7 Å². The minimum absolute atomic E-state index is 0.154. The van der Waals surface area contributed by atoms with Crippen LogP contribution >= 0.6 is 11.3 Å². The molecule has 0 atom stereocenters. The van der Waals surface area contributed by atoms with Crippen molar-refractivity contribution >= 4 is 27.9 Å². The first-order valence-electron chi connectivity index (χ1n) is 5.53. The maximum absolute atomic E-state index is 11.6. The van der Waals surface area contributed by atoms with Crippen LogP contribution < -0.4 is 5.32 Å². The molecule has 0 unspecified atom stereocenters. The van der Waals surface area contributed by atoms with Crippen molar-refractivity contribution in [2.45, 2.75) is 20.3 Å². The minimum Gasteiger partial charge on any atom is -0.332 e.